The number of rotatable bonds is 11. The highest BCUT2D eigenvalue weighted by atomic mass is 16.5. The van der Waals surface area contributed by atoms with Crippen molar-refractivity contribution in [1.82, 2.24) is 4.90 Å². The average Bonchev–Trinajstić information content (AvgIpc) is 2.43. The van der Waals surface area contributed by atoms with Crippen molar-refractivity contribution in [1.29, 1.82) is 0 Å². The Labute approximate surface area is 134 Å². The van der Waals surface area contributed by atoms with Gasteiger partial charge in [0.2, 0.25) is 0 Å². The molecule has 5 nitrogen and oxygen atoms in total. The van der Waals surface area contributed by atoms with E-state index in [-0.39, 0.29) is 24.6 Å². The van der Waals surface area contributed by atoms with E-state index in [4.69, 9.17) is 9.47 Å². The molecule has 0 aromatic carbocycles. The molecule has 0 aromatic rings. The van der Waals surface area contributed by atoms with E-state index >= 15 is 0 Å². The molecule has 0 saturated heterocycles. The summed E-state index contributed by atoms with van der Waals surface area (Å²) in [6.07, 6.45) is 9.93. The first kappa shape index (κ1) is 20.4. The van der Waals surface area contributed by atoms with Gasteiger partial charge < -0.3 is 14.4 Å². The van der Waals surface area contributed by atoms with Gasteiger partial charge in [-0.25, -0.2) is 0 Å². The van der Waals surface area contributed by atoms with Crippen LogP contribution in [0, 0.1) is 0 Å². The van der Waals surface area contributed by atoms with Gasteiger partial charge in [0.15, 0.2) is 0 Å². The maximum Gasteiger partial charge on any atom is 0.306 e. The lowest BCUT2D eigenvalue weighted by Gasteiger charge is -2.15. The summed E-state index contributed by atoms with van der Waals surface area (Å²) in [6.45, 7) is 4.43. The SMILES string of the molecule is C/C=C\CC(C/C=C/COC(C)=O)OC(=O)CCCN(C)C. The van der Waals surface area contributed by atoms with Crippen LogP contribution in [-0.2, 0) is 19.1 Å². The molecular formula is C17H29NO4. The van der Waals surface area contributed by atoms with Crippen LogP contribution in [0.3, 0.4) is 0 Å². The van der Waals surface area contributed by atoms with Gasteiger partial charge in [-0.1, -0.05) is 24.3 Å². The molecule has 0 N–H and O–H groups in total. The van der Waals surface area contributed by atoms with Crippen molar-refractivity contribution in [3.63, 3.8) is 0 Å². The third kappa shape index (κ3) is 13.4. The lowest BCUT2D eigenvalue weighted by molar-refractivity contribution is -0.149. The number of allylic oxidation sites excluding steroid dienone is 1. The first-order valence-electron chi connectivity index (χ1n) is 7.69. The molecule has 0 heterocycles. The highest BCUT2D eigenvalue weighted by Crippen LogP contribution is 2.09. The summed E-state index contributed by atoms with van der Waals surface area (Å²) in [5.41, 5.74) is 0. The molecule has 0 aliphatic heterocycles. The third-order valence-corrected chi connectivity index (χ3v) is 2.87. The van der Waals surface area contributed by atoms with Crippen LogP contribution in [0.5, 0.6) is 0 Å². The van der Waals surface area contributed by atoms with Crippen LogP contribution in [0.1, 0.15) is 39.5 Å². The molecule has 22 heavy (non-hydrogen) atoms. The normalized spacial score (nSPS) is 13.0. The largest absolute Gasteiger partial charge is 0.462 e. The Bertz CT molecular complexity index is 375. The predicted octanol–water partition coefficient (Wildman–Crippen LogP) is 2.72. The number of hydrogen-bond donors (Lipinski definition) is 0. The molecule has 0 spiro atoms. The monoisotopic (exact) mass is 311 g/mol. The second-order valence-corrected chi connectivity index (χ2v) is 5.33. The van der Waals surface area contributed by atoms with Crippen LogP contribution < -0.4 is 0 Å². The number of ether oxygens (including phenoxy) is 2. The lowest BCUT2D eigenvalue weighted by Crippen LogP contribution is -2.19. The van der Waals surface area contributed by atoms with E-state index in [9.17, 15) is 9.59 Å². The zero-order valence-corrected chi connectivity index (χ0v) is 14.2. The summed E-state index contributed by atoms with van der Waals surface area (Å²) >= 11 is 0. The van der Waals surface area contributed by atoms with Gasteiger partial charge in [-0.05, 0) is 34.0 Å². The van der Waals surface area contributed by atoms with Gasteiger partial charge in [0.25, 0.3) is 0 Å². The van der Waals surface area contributed by atoms with Crippen molar-refractivity contribution in [2.75, 3.05) is 27.2 Å². The summed E-state index contributed by atoms with van der Waals surface area (Å²) in [5.74, 6) is -0.466. The molecule has 0 fully saturated rings. The summed E-state index contributed by atoms with van der Waals surface area (Å²) in [6, 6.07) is 0. The average molecular weight is 311 g/mol. The van der Waals surface area contributed by atoms with Crippen LogP contribution in [0.2, 0.25) is 0 Å². The number of hydrogen-bond acceptors (Lipinski definition) is 5. The van der Waals surface area contributed by atoms with E-state index in [1.807, 2.05) is 44.1 Å². The van der Waals surface area contributed by atoms with E-state index < -0.39 is 0 Å². The maximum atomic E-state index is 11.8. The van der Waals surface area contributed by atoms with Gasteiger partial charge in [0.1, 0.15) is 12.7 Å². The highest BCUT2D eigenvalue weighted by molar-refractivity contribution is 5.69. The van der Waals surface area contributed by atoms with E-state index in [0.29, 0.717) is 19.3 Å². The molecule has 0 aliphatic rings. The Balaban J connectivity index is 4.15. The molecule has 0 saturated carbocycles. The molecule has 5 heteroatoms. The van der Waals surface area contributed by atoms with E-state index in [0.717, 1.165) is 13.0 Å². The first-order valence-corrected chi connectivity index (χ1v) is 7.69. The smallest absolute Gasteiger partial charge is 0.306 e. The molecular weight excluding hydrogens is 282 g/mol. The molecule has 0 aliphatic carbocycles. The quantitative estimate of drug-likeness (QED) is 0.434. The summed E-state index contributed by atoms with van der Waals surface area (Å²) < 4.78 is 10.3. The first-order chi connectivity index (χ1) is 10.5. The lowest BCUT2D eigenvalue weighted by atomic mass is 10.1. The molecule has 126 valence electrons. The molecule has 0 aromatic heterocycles. The third-order valence-electron chi connectivity index (χ3n) is 2.87. The second kappa shape index (κ2) is 13.1. The molecule has 1 unspecified atom stereocenters. The Morgan fingerprint density at radius 3 is 2.41 bits per heavy atom. The fourth-order valence-corrected chi connectivity index (χ4v) is 1.75. The van der Waals surface area contributed by atoms with E-state index in [1.165, 1.54) is 6.92 Å². The zero-order valence-electron chi connectivity index (χ0n) is 14.2. The highest BCUT2D eigenvalue weighted by Gasteiger charge is 2.11. The summed E-state index contributed by atoms with van der Waals surface area (Å²) in [5, 5.41) is 0. The molecule has 1 atom stereocenters. The van der Waals surface area contributed by atoms with Crippen molar-refractivity contribution >= 4 is 11.9 Å². The number of carbonyl (C=O) groups excluding carboxylic acids is 2. The van der Waals surface area contributed by atoms with Crippen molar-refractivity contribution in [3.05, 3.63) is 24.3 Å². The fourth-order valence-electron chi connectivity index (χ4n) is 1.75. The predicted molar refractivity (Wildman–Crippen MR) is 87.5 cm³/mol. The van der Waals surface area contributed by atoms with Gasteiger partial charge in [-0.3, -0.25) is 9.59 Å². The van der Waals surface area contributed by atoms with E-state index in [1.54, 1.807) is 6.08 Å². The Morgan fingerprint density at radius 1 is 1.14 bits per heavy atom. The number of nitrogens with zero attached hydrogens (tertiary/aromatic N) is 1. The summed E-state index contributed by atoms with van der Waals surface area (Å²) in [4.78, 5) is 24.5. The summed E-state index contributed by atoms with van der Waals surface area (Å²) in [7, 11) is 3.96. The minimum atomic E-state index is -0.303. The van der Waals surface area contributed by atoms with Crippen LogP contribution in [0.25, 0.3) is 0 Å². The molecule has 0 amide bonds. The van der Waals surface area contributed by atoms with Gasteiger partial charge in [0.05, 0.1) is 0 Å². The van der Waals surface area contributed by atoms with Crippen LogP contribution in [-0.4, -0.2) is 50.2 Å². The van der Waals surface area contributed by atoms with Gasteiger partial charge in [0, 0.05) is 26.2 Å². The Kier molecular flexibility index (Phi) is 12.1. The van der Waals surface area contributed by atoms with Crippen molar-refractivity contribution in [2.45, 2.75) is 45.6 Å². The number of esters is 2. The Morgan fingerprint density at radius 2 is 1.82 bits per heavy atom. The van der Waals surface area contributed by atoms with Crippen LogP contribution in [0.15, 0.2) is 24.3 Å². The topological polar surface area (TPSA) is 55.8 Å². The molecule has 0 bridgehead atoms. The van der Waals surface area contributed by atoms with Gasteiger partial charge in [-0.2, -0.15) is 0 Å². The van der Waals surface area contributed by atoms with Crippen molar-refractivity contribution < 1.29 is 19.1 Å². The Hall–Kier alpha value is -1.62. The fraction of sp³-hybridized carbons (Fsp3) is 0.647. The maximum absolute atomic E-state index is 11.8. The minimum Gasteiger partial charge on any atom is -0.462 e. The van der Waals surface area contributed by atoms with Crippen molar-refractivity contribution in [3.8, 4) is 0 Å². The second-order valence-electron chi connectivity index (χ2n) is 5.33. The van der Waals surface area contributed by atoms with Gasteiger partial charge >= 0.3 is 11.9 Å². The number of carbonyl (C=O) groups is 2. The minimum absolute atomic E-state index is 0.162. The molecule has 0 rings (SSSR count). The standard InChI is InChI=1S/C17H29NO4/c1-5-6-10-16(11-7-8-14-21-15(2)19)22-17(20)12-9-13-18(3)4/h5-8,16H,9-14H2,1-4H3/b6-5-,8-7+. The van der Waals surface area contributed by atoms with Gasteiger partial charge in [-0.15, -0.1) is 0 Å². The van der Waals surface area contributed by atoms with E-state index in [2.05, 4.69) is 0 Å². The zero-order chi connectivity index (χ0) is 16.8. The molecule has 0 radical (unpaired) electrons. The van der Waals surface area contributed by atoms with Crippen molar-refractivity contribution in [2.24, 2.45) is 0 Å². The van der Waals surface area contributed by atoms with Crippen LogP contribution >= 0.6 is 0 Å². The van der Waals surface area contributed by atoms with Crippen LogP contribution in [0.4, 0.5) is 0 Å².